The van der Waals surface area contributed by atoms with Crippen LogP contribution in [0.4, 0.5) is 0 Å². The highest BCUT2D eigenvalue weighted by Gasteiger charge is 2.26. The van der Waals surface area contributed by atoms with E-state index in [1.54, 1.807) is 0 Å². The maximum absolute atomic E-state index is 5.83. The van der Waals surface area contributed by atoms with E-state index in [1.165, 1.54) is 0 Å². The molecule has 126 valence electrons. The average Bonchev–Trinajstić information content (AvgIpc) is 2.49. The summed E-state index contributed by atoms with van der Waals surface area (Å²) in [4.78, 5) is 0. The molecule has 0 spiro atoms. The molecule has 1 aliphatic rings. The van der Waals surface area contributed by atoms with E-state index < -0.39 is 0 Å². The van der Waals surface area contributed by atoms with Crippen molar-refractivity contribution < 1.29 is 23.7 Å². The van der Waals surface area contributed by atoms with Crippen molar-refractivity contribution in [2.24, 2.45) is 0 Å². The van der Waals surface area contributed by atoms with Crippen LogP contribution in [-0.4, -0.2) is 74.7 Å². The zero-order valence-corrected chi connectivity index (χ0v) is 16.0. The van der Waals surface area contributed by atoms with Crippen LogP contribution in [-0.2, 0) is 23.7 Å². The summed E-state index contributed by atoms with van der Waals surface area (Å²) in [6, 6.07) is 0. The minimum atomic E-state index is -0.343. The molecular weight excluding hydrogens is 408 g/mol. The van der Waals surface area contributed by atoms with Crippen LogP contribution in [0.2, 0.25) is 0 Å². The van der Waals surface area contributed by atoms with Gasteiger partial charge in [0, 0.05) is 10.7 Å². The van der Waals surface area contributed by atoms with E-state index >= 15 is 0 Å². The second-order valence-electron chi connectivity index (χ2n) is 5.58. The number of rotatable bonds is 2. The second-order valence-corrected chi connectivity index (χ2v) is 6.70. The first-order valence-corrected chi connectivity index (χ1v) is 9.41. The Morgan fingerprint density at radius 3 is 1.43 bits per heavy atom. The standard InChI is InChI=1S/C14H26Br2O5/c1-13(9-15)11-18-3-4-19-12-14(2,10-16)21-8-6-17-5-7-20-13/h3-12H2,1-2H3/t13-,14+. The van der Waals surface area contributed by atoms with Gasteiger partial charge in [-0.25, -0.2) is 0 Å². The Bertz CT molecular complexity index is 256. The lowest BCUT2D eigenvalue weighted by atomic mass is 10.1. The van der Waals surface area contributed by atoms with Crippen LogP contribution < -0.4 is 0 Å². The van der Waals surface area contributed by atoms with Crippen molar-refractivity contribution in [3.05, 3.63) is 0 Å². The molecule has 21 heavy (non-hydrogen) atoms. The molecule has 1 heterocycles. The molecule has 2 atom stereocenters. The zero-order chi connectivity index (χ0) is 15.6. The summed E-state index contributed by atoms with van der Waals surface area (Å²) in [7, 11) is 0. The molecule has 1 fully saturated rings. The fourth-order valence-electron chi connectivity index (χ4n) is 1.73. The molecule has 7 heteroatoms. The summed E-state index contributed by atoms with van der Waals surface area (Å²) in [5.74, 6) is 0. The highest BCUT2D eigenvalue weighted by atomic mass is 79.9. The predicted octanol–water partition coefficient (Wildman–Crippen LogP) is 2.39. The van der Waals surface area contributed by atoms with Gasteiger partial charge < -0.3 is 23.7 Å². The van der Waals surface area contributed by atoms with Gasteiger partial charge in [-0.1, -0.05) is 31.9 Å². The number of hydrogen-bond donors (Lipinski definition) is 0. The first-order valence-electron chi connectivity index (χ1n) is 7.17. The maximum atomic E-state index is 5.83. The second kappa shape index (κ2) is 10.5. The van der Waals surface area contributed by atoms with E-state index in [-0.39, 0.29) is 11.2 Å². The molecule has 0 N–H and O–H groups in total. The zero-order valence-electron chi connectivity index (χ0n) is 12.9. The van der Waals surface area contributed by atoms with Gasteiger partial charge in [0.1, 0.15) is 0 Å². The Hall–Kier alpha value is 0.760. The van der Waals surface area contributed by atoms with Crippen LogP contribution in [0.1, 0.15) is 13.8 Å². The SMILES string of the molecule is C[C@]1(CBr)COCCOC[C@@](C)(CBr)OCCOCCO1. The fraction of sp³-hybridized carbons (Fsp3) is 1.00. The molecule has 1 saturated heterocycles. The molecule has 0 saturated carbocycles. The van der Waals surface area contributed by atoms with E-state index in [2.05, 4.69) is 31.9 Å². The molecule has 0 aliphatic carbocycles. The van der Waals surface area contributed by atoms with Gasteiger partial charge in [-0.2, -0.15) is 0 Å². The topological polar surface area (TPSA) is 46.2 Å². The Kier molecular flexibility index (Phi) is 9.92. The van der Waals surface area contributed by atoms with E-state index in [0.29, 0.717) is 63.5 Å². The molecule has 1 aliphatic heterocycles. The van der Waals surface area contributed by atoms with E-state index in [9.17, 15) is 0 Å². The van der Waals surface area contributed by atoms with E-state index in [4.69, 9.17) is 23.7 Å². The number of hydrogen-bond acceptors (Lipinski definition) is 5. The Morgan fingerprint density at radius 2 is 1.05 bits per heavy atom. The third-order valence-electron chi connectivity index (χ3n) is 3.11. The first kappa shape index (κ1) is 19.8. The molecule has 5 nitrogen and oxygen atoms in total. The lowest BCUT2D eigenvalue weighted by molar-refractivity contribution is -0.0918. The van der Waals surface area contributed by atoms with Gasteiger partial charge in [0.25, 0.3) is 0 Å². The van der Waals surface area contributed by atoms with E-state index in [1.807, 2.05) is 13.8 Å². The molecule has 0 bridgehead atoms. The van der Waals surface area contributed by atoms with Gasteiger partial charge in [-0.15, -0.1) is 0 Å². The molecule has 0 aromatic carbocycles. The van der Waals surface area contributed by atoms with Gasteiger partial charge in [0.05, 0.1) is 64.1 Å². The van der Waals surface area contributed by atoms with Crippen LogP contribution >= 0.6 is 31.9 Å². The van der Waals surface area contributed by atoms with Crippen molar-refractivity contribution in [2.45, 2.75) is 25.0 Å². The monoisotopic (exact) mass is 432 g/mol. The summed E-state index contributed by atoms with van der Waals surface area (Å²) in [6.45, 7) is 8.34. The molecule has 0 amide bonds. The number of halogens is 2. The van der Waals surface area contributed by atoms with Gasteiger partial charge >= 0.3 is 0 Å². The van der Waals surface area contributed by atoms with Crippen molar-refractivity contribution in [1.82, 2.24) is 0 Å². The van der Waals surface area contributed by atoms with Gasteiger partial charge in [-0.3, -0.25) is 0 Å². The normalized spacial score (nSPS) is 34.9. The van der Waals surface area contributed by atoms with Crippen LogP contribution in [0.5, 0.6) is 0 Å². The molecule has 0 unspecified atom stereocenters. The molecular formula is C14H26Br2O5. The first-order chi connectivity index (χ1) is 10.0. The predicted molar refractivity (Wildman–Crippen MR) is 88.8 cm³/mol. The van der Waals surface area contributed by atoms with Crippen molar-refractivity contribution in [1.29, 1.82) is 0 Å². The highest BCUT2D eigenvalue weighted by Crippen LogP contribution is 2.16. The molecule has 0 aromatic rings. The summed E-state index contributed by atoms with van der Waals surface area (Å²) in [5.41, 5.74) is -0.686. The van der Waals surface area contributed by atoms with Crippen molar-refractivity contribution in [3.8, 4) is 0 Å². The molecule has 1 rings (SSSR count). The van der Waals surface area contributed by atoms with Crippen molar-refractivity contribution in [3.63, 3.8) is 0 Å². The van der Waals surface area contributed by atoms with Crippen LogP contribution in [0.3, 0.4) is 0 Å². The largest absolute Gasteiger partial charge is 0.377 e. The van der Waals surface area contributed by atoms with Gasteiger partial charge in [0.2, 0.25) is 0 Å². The lowest BCUT2D eigenvalue weighted by Crippen LogP contribution is -2.38. The number of alkyl halides is 2. The van der Waals surface area contributed by atoms with Crippen molar-refractivity contribution >= 4 is 31.9 Å². The smallest absolute Gasteiger partial charge is 0.0984 e. The lowest BCUT2D eigenvalue weighted by Gasteiger charge is -2.28. The summed E-state index contributed by atoms with van der Waals surface area (Å²) in [6.07, 6.45) is 0. The maximum Gasteiger partial charge on any atom is 0.0984 e. The van der Waals surface area contributed by atoms with Gasteiger partial charge in [-0.05, 0) is 13.8 Å². The van der Waals surface area contributed by atoms with Crippen LogP contribution in [0, 0.1) is 0 Å². The molecule has 0 aromatic heterocycles. The molecule has 0 radical (unpaired) electrons. The third kappa shape index (κ3) is 8.25. The summed E-state index contributed by atoms with van der Waals surface area (Å²) < 4.78 is 28.5. The van der Waals surface area contributed by atoms with E-state index in [0.717, 1.165) is 0 Å². The minimum absolute atomic E-state index is 0.343. The fourth-order valence-corrected chi connectivity index (χ4v) is 2.38. The quantitative estimate of drug-likeness (QED) is 0.625. The van der Waals surface area contributed by atoms with Crippen LogP contribution in [0.25, 0.3) is 0 Å². The summed E-state index contributed by atoms with van der Waals surface area (Å²) >= 11 is 6.94. The average molecular weight is 434 g/mol. The Morgan fingerprint density at radius 1 is 0.667 bits per heavy atom. The minimum Gasteiger partial charge on any atom is -0.377 e. The van der Waals surface area contributed by atoms with Gasteiger partial charge in [0.15, 0.2) is 0 Å². The third-order valence-corrected chi connectivity index (χ3v) is 5.48. The van der Waals surface area contributed by atoms with Crippen molar-refractivity contribution in [2.75, 3.05) is 63.5 Å². The Balaban J connectivity index is 2.46. The van der Waals surface area contributed by atoms with Crippen LogP contribution in [0.15, 0.2) is 0 Å². The summed E-state index contributed by atoms with van der Waals surface area (Å²) in [5, 5.41) is 1.43. The number of ether oxygens (including phenoxy) is 5. The Labute approximate surface area is 144 Å². The highest BCUT2D eigenvalue weighted by molar-refractivity contribution is 9.09.